The average Bonchev–Trinajstić information content (AvgIpc) is 3.46. The van der Waals surface area contributed by atoms with Crippen LogP contribution in [0.3, 0.4) is 0 Å². The summed E-state index contributed by atoms with van der Waals surface area (Å²) in [6.07, 6.45) is 1.73. The summed E-state index contributed by atoms with van der Waals surface area (Å²) in [5.41, 5.74) is 3.49. The van der Waals surface area contributed by atoms with Crippen molar-refractivity contribution in [3.63, 3.8) is 0 Å². The van der Waals surface area contributed by atoms with Gasteiger partial charge < -0.3 is 4.57 Å². The minimum atomic E-state index is -0.469. The van der Waals surface area contributed by atoms with Gasteiger partial charge in [-0.15, -0.1) is 10.2 Å². The Balaban J connectivity index is 1.54. The van der Waals surface area contributed by atoms with Crippen molar-refractivity contribution >= 4 is 40.3 Å². The molecule has 0 saturated carbocycles. The molecule has 3 aromatic heterocycles. The summed E-state index contributed by atoms with van der Waals surface area (Å²) >= 11 is 1.14. The van der Waals surface area contributed by atoms with Gasteiger partial charge in [-0.3, -0.25) is 24.1 Å². The number of nitrogens with zero attached hydrogens (tertiary/aromatic N) is 5. The number of hydrogen-bond donors (Lipinski definition) is 1. The number of rotatable bonds is 5. The Morgan fingerprint density at radius 2 is 1.83 bits per heavy atom. The molecular formula is C25H22N6O3S. The number of thioether (sulfide) groups is 1. The Labute approximate surface area is 204 Å². The number of aromatic nitrogens is 5. The molecule has 35 heavy (non-hydrogen) atoms. The number of imide groups is 1. The van der Waals surface area contributed by atoms with Crippen LogP contribution in [-0.2, 0) is 11.8 Å². The van der Waals surface area contributed by atoms with Crippen LogP contribution in [0.5, 0.6) is 0 Å². The van der Waals surface area contributed by atoms with Gasteiger partial charge in [0, 0.05) is 13.2 Å². The van der Waals surface area contributed by atoms with Crippen molar-refractivity contribution in [2.75, 3.05) is 5.75 Å². The third-order valence-corrected chi connectivity index (χ3v) is 6.69. The van der Waals surface area contributed by atoms with E-state index in [2.05, 4.69) is 15.5 Å². The van der Waals surface area contributed by atoms with Gasteiger partial charge in [-0.25, -0.2) is 4.57 Å². The lowest BCUT2D eigenvalue weighted by Crippen LogP contribution is -2.33. The second-order valence-corrected chi connectivity index (χ2v) is 9.18. The summed E-state index contributed by atoms with van der Waals surface area (Å²) in [6, 6.07) is 16.5. The molecule has 0 spiro atoms. The maximum absolute atomic E-state index is 13.5. The maximum atomic E-state index is 13.5. The number of carbonyl (C=O) groups is 2. The molecule has 2 aromatic carbocycles. The average molecular weight is 487 g/mol. The second-order valence-electron chi connectivity index (χ2n) is 8.24. The van der Waals surface area contributed by atoms with E-state index < -0.39 is 11.8 Å². The number of aryl methyl sites for hydroxylation is 3. The zero-order chi connectivity index (χ0) is 24.7. The normalized spacial score (nSPS) is 11.3. The van der Waals surface area contributed by atoms with E-state index in [-0.39, 0.29) is 11.3 Å². The van der Waals surface area contributed by atoms with Crippen molar-refractivity contribution in [3.05, 3.63) is 88.0 Å². The minimum Gasteiger partial charge on any atom is -0.347 e. The van der Waals surface area contributed by atoms with Gasteiger partial charge in [-0.2, -0.15) is 0 Å². The Bertz CT molecular complexity index is 1680. The number of fused-ring (bicyclic) bond motifs is 3. The second kappa shape index (κ2) is 8.88. The first-order valence-electron chi connectivity index (χ1n) is 10.9. The summed E-state index contributed by atoms with van der Waals surface area (Å²) < 4.78 is 4.97. The smallest absolute Gasteiger partial charge is 0.274 e. The first-order valence-corrected chi connectivity index (χ1v) is 11.9. The van der Waals surface area contributed by atoms with E-state index in [1.54, 1.807) is 45.0 Å². The molecule has 0 radical (unpaired) electrons. The molecule has 2 amide bonds. The van der Waals surface area contributed by atoms with Gasteiger partial charge >= 0.3 is 0 Å². The van der Waals surface area contributed by atoms with Crippen LogP contribution >= 0.6 is 11.8 Å². The lowest BCUT2D eigenvalue weighted by Gasteiger charge is -2.14. The molecule has 0 unspecified atom stereocenters. The van der Waals surface area contributed by atoms with Crippen molar-refractivity contribution in [3.8, 4) is 5.69 Å². The number of amides is 2. The molecule has 176 valence electrons. The van der Waals surface area contributed by atoms with E-state index in [1.807, 2.05) is 50.2 Å². The van der Waals surface area contributed by atoms with E-state index in [1.165, 1.54) is 0 Å². The van der Waals surface area contributed by atoms with E-state index in [9.17, 15) is 14.4 Å². The van der Waals surface area contributed by atoms with Gasteiger partial charge in [0.2, 0.25) is 11.7 Å². The number of carbonyl (C=O) groups excluding carboxylic acids is 2. The fourth-order valence-electron chi connectivity index (χ4n) is 4.00. The third-order valence-electron chi connectivity index (χ3n) is 5.76. The largest absolute Gasteiger partial charge is 0.347 e. The SMILES string of the molecule is Cc1ccc(C)c(-n2c(=O)c3ccccc3n3c(SCC(=O)NC(=O)c4cccn4C)nnc23)c1. The zero-order valence-corrected chi connectivity index (χ0v) is 20.2. The summed E-state index contributed by atoms with van der Waals surface area (Å²) in [5.74, 6) is -0.618. The van der Waals surface area contributed by atoms with E-state index in [0.717, 1.165) is 28.6 Å². The van der Waals surface area contributed by atoms with Gasteiger partial charge in [0.25, 0.3) is 11.5 Å². The van der Waals surface area contributed by atoms with Gasteiger partial charge in [0.1, 0.15) is 5.69 Å². The first kappa shape index (κ1) is 22.6. The molecule has 0 aliphatic heterocycles. The first-order chi connectivity index (χ1) is 16.8. The predicted octanol–water partition coefficient (Wildman–Crippen LogP) is 3.04. The molecule has 0 aliphatic rings. The maximum Gasteiger partial charge on any atom is 0.274 e. The van der Waals surface area contributed by atoms with Crippen LogP contribution in [-0.4, -0.2) is 41.3 Å². The van der Waals surface area contributed by atoms with Crippen molar-refractivity contribution in [2.24, 2.45) is 7.05 Å². The van der Waals surface area contributed by atoms with Crippen LogP contribution in [0.15, 0.2) is 70.7 Å². The van der Waals surface area contributed by atoms with Crippen molar-refractivity contribution in [2.45, 2.75) is 19.0 Å². The van der Waals surface area contributed by atoms with Crippen molar-refractivity contribution in [1.82, 2.24) is 29.0 Å². The highest BCUT2D eigenvalue weighted by atomic mass is 32.2. The molecule has 1 N–H and O–H groups in total. The standard InChI is InChI=1S/C25H22N6O3S/c1-15-10-11-16(2)20(13-15)30-23(34)17-7-4-5-8-18(17)31-24(30)27-28-25(31)35-14-21(32)26-22(33)19-9-6-12-29(19)3/h4-13H,14H2,1-3H3,(H,26,32,33). The molecular weight excluding hydrogens is 464 g/mol. The topological polar surface area (TPSA) is 103 Å². The molecule has 0 aliphatic carbocycles. The number of nitrogens with one attached hydrogen (secondary N) is 1. The van der Waals surface area contributed by atoms with E-state index in [0.29, 0.717) is 27.5 Å². The number of hydrogen-bond acceptors (Lipinski definition) is 6. The van der Waals surface area contributed by atoms with Crippen LogP contribution in [0, 0.1) is 13.8 Å². The molecule has 0 fully saturated rings. The minimum absolute atomic E-state index is 0.0477. The van der Waals surface area contributed by atoms with Gasteiger partial charge in [0.15, 0.2) is 5.16 Å². The Morgan fingerprint density at radius 1 is 1.03 bits per heavy atom. The van der Waals surface area contributed by atoms with Gasteiger partial charge in [-0.1, -0.05) is 36.0 Å². The summed E-state index contributed by atoms with van der Waals surface area (Å²) in [6.45, 7) is 3.90. The lowest BCUT2D eigenvalue weighted by atomic mass is 10.1. The summed E-state index contributed by atoms with van der Waals surface area (Å²) in [5, 5.41) is 12.0. The van der Waals surface area contributed by atoms with Crippen molar-refractivity contribution < 1.29 is 9.59 Å². The molecule has 0 atom stereocenters. The highest BCUT2D eigenvalue weighted by molar-refractivity contribution is 7.99. The quantitative estimate of drug-likeness (QED) is 0.383. The fourth-order valence-corrected chi connectivity index (χ4v) is 4.74. The van der Waals surface area contributed by atoms with Crippen LogP contribution in [0.25, 0.3) is 22.4 Å². The molecule has 0 bridgehead atoms. The fraction of sp³-hybridized carbons (Fsp3) is 0.160. The predicted molar refractivity (Wildman–Crippen MR) is 134 cm³/mol. The monoisotopic (exact) mass is 486 g/mol. The van der Waals surface area contributed by atoms with Gasteiger partial charge in [0.05, 0.1) is 22.3 Å². The van der Waals surface area contributed by atoms with Gasteiger partial charge in [-0.05, 0) is 55.3 Å². The molecule has 10 heteroatoms. The Kier molecular flexibility index (Phi) is 5.73. The van der Waals surface area contributed by atoms with E-state index >= 15 is 0 Å². The Morgan fingerprint density at radius 3 is 2.60 bits per heavy atom. The van der Waals surface area contributed by atoms with Crippen LogP contribution in [0.2, 0.25) is 0 Å². The zero-order valence-electron chi connectivity index (χ0n) is 19.3. The number of para-hydroxylation sites is 1. The molecule has 9 nitrogen and oxygen atoms in total. The Hall–Kier alpha value is -4.18. The van der Waals surface area contributed by atoms with Crippen LogP contribution < -0.4 is 10.9 Å². The molecule has 5 aromatic rings. The summed E-state index contributed by atoms with van der Waals surface area (Å²) in [4.78, 5) is 38.4. The summed E-state index contributed by atoms with van der Waals surface area (Å²) in [7, 11) is 1.73. The van der Waals surface area contributed by atoms with E-state index in [4.69, 9.17) is 0 Å². The molecule has 0 saturated heterocycles. The highest BCUT2D eigenvalue weighted by Gasteiger charge is 2.20. The van der Waals surface area contributed by atoms with Crippen LogP contribution in [0.1, 0.15) is 21.6 Å². The number of benzene rings is 2. The third kappa shape index (κ3) is 4.01. The highest BCUT2D eigenvalue weighted by Crippen LogP contribution is 2.24. The van der Waals surface area contributed by atoms with Crippen LogP contribution in [0.4, 0.5) is 0 Å². The lowest BCUT2D eigenvalue weighted by molar-refractivity contribution is -0.117. The molecule has 5 rings (SSSR count). The molecule has 3 heterocycles. The van der Waals surface area contributed by atoms with Crippen molar-refractivity contribution in [1.29, 1.82) is 0 Å².